The molecule has 0 aliphatic heterocycles. The van der Waals surface area contributed by atoms with E-state index in [1.807, 2.05) is 51.1 Å². The Kier molecular flexibility index (Phi) is 5.50. The highest BCUT2D eigenvalue weighted by Gasteiger charge is 2.21. The molecule has 0 unspecified atom stereocenters. The zero-order valence-corrected chi connectivity index (χ0v) is 14.0. The van der Waals surface area contributed by atoms with Gasteiger partial charge in [-0.15, -0.1) is 5.10 Å². The zero-order chi connectivity index (χ0) is 16.9. The molecule has 2 rings (SSSR count). The molecule has 0 aliphatic rings. The van der Waals surface area contributed by atoms with Crippen molar-refractivity contribution in [3.8, 4) is 5.69 Å². The first-order valence-corrected chi connectivity index (χ1v) is 8.01. The van der Waals surface area contributed by atoms with Gasteiger partial charge >= 0.3 is 0 Å². The van der Waals surface area contributed by atoms with Crippen LogP contribution in [-0.2, 0) is 11.2 Å². The number of nitrogens with two attached hydrogens (primary N) is 1. The first kappa shape index (κ1) is 17.1. The molecule has 0 saturated heterocycles. The molecule has 1 aromatic carbocycles. The maximum Gasteiger partial charge on any atom is 0.226 e. The number of nitrogens with one attached hydrogen (secondary N) is 1. The second-order valence-electron chi connectivity index (χ2n) is 5.89. The van der Waals surface area contributed by atoms with Crippen LogP contribution >= 0.6 is 0 Å². The number of benzene rings is 1. The molecule has 6 heteroatoms. The number of para-hydroxylation sites is 1. The van der Waals surface area contributed by atoms with Crippen molar-refractivity contribution in [3.05, 3.63) is 41.7 Å². The van der Waals surface area contributed by atoms with Crippen molar-refractivity contribution in [1.29, 1.82) is 0 Å². The summed E-state index contributed by atoms with van der Waals surface area (Å²) >= 11 is 0. The zero-order valence-electron chi connectivity index (χ0n) is 14.0. The van der Waals surface area contributed by atoms with E-state index in [1.54, 1.807) is 4.68 Å². The summed E-state index contributed by atoms with van der Waals surface area (Å²) in [5.41, 5.74) is 8.35. The fourth-order valence-electron chi connectivity index (χ4n) is 2.33. The van der Waals surface area contributed by atoms with E-state index >= 15 is 0 Å². The summed E-state index contributed by atoms with van der Waals surface area (Å²) in [4.78, 5) is 12.1. The molecule has 0 fully saturated rings. The highest BCUT2D eigenvalue weighted by atomic mass is 16.1. The average Bonchev–Trinajstić information content (AvgIpc) is 2.94. The van der Waals surface area contributed by atoms with E-state index in [9.17, 15) is 4.79 Å². The van der Waals surface area contributed by atoms with E-state index in [0.717, 1.165) is 24.2 Å². The van der Waals surface area contributed by atoms with Crippen molar-refractivity contribution in [3.63, 3.8) is 0 Å². The van der Waals surface area contributed by atoms with Gasteiger partial charge in [-0.25, -0.2) is 4.68 Å². The van der Waals surface area contributed by atoms with Crippen molar-refractivity contribution in [2.75, 3.05) is 6.54 Å². The minimum atomic E-state index is -0.341. The Morgan fingerprint density at radius 1 is 1.26 bits per heavy atom. The molecule has 0 spiro atoms. The topological polar surface area (TPSA) is 85.8 Å². The summed E-state index contributed by atoms with van der Waals surface area (Å²) in [5, 5.41) is 11.2. The van der Waals surface area contributed by atoms with Crippen LogP contribution in [0.3, 0.4) is 0 Å². The van der Waals surface area contributed by atoms with Crippen LogP contribution in [0.4, 0.5) is 0 Å². The Morgan fingerprint density at radius 2 is 1.91 bits per heavy atom. The van der Waals surface area contributed by atoms with Crippen molar-refractivity contribution < 1.29 is 4.79 Å². The molecule has 1 amide bonds. The van der Waals surface area contributed by atoms with Crippen LogP contribution in [0, 0.1) is 6.92 Å². The monoisotopic (exact) mass is 315 g/mol. The maximum absolute atomic E-state index is 12.1. The number of hydrogen-bond acceptors (Lipinski definition) is 4. The second kappa shape index (κ2) is 7.37. The van der Waals surface area contributed by atoms with Crippen LogP contribution < -0.4 is 11.1 Å². The number of carbonyl (C=O) groups excluding carboxylic acids is 1. The number of aromatic nitrogens is 3. The normalized spacial score (nSPS) is 11.5. The van der Waals surface area contributed by atoms with Gasteiger partial charge in [-0.05, 0) is 31.9 Å². The van der Waals surface area contributed by atoms with E-state index in [-0.39, 0.29) is 17.9 Å². The number of amides is 1. The Labute approximate surface area is 137 Å². The Hall–Kier alpha value is -2.21. The van der Waals surface area contributed by atoms with E-state index in [2.05, 4.69) is 15.6 Å². The summed E-state index contributed by atoms with van der Waals surface area (Å²) in [6, 6.07) is 9.75. The van der Waals surface area contributed by atoms with Crippen LogP contribution in [0.1, 0.15) is 38.1 Å². The van der Waals surface area contributed by atoms with Gasteiger partial charge in [-0.1, -0.05) is 37.3 Å². The first-order chi connectivity index (χ1) is 11.0. The fraction of sp³-hybridized carbons (Fsp3) is 0.471. The minimum absolute atomic E-state index is 0.0788. The van der Waals surface area contributed by atoms with Gasteiger partial charge < -0.3 is 11.1 Å². The largest absolute Gasteiger partial charge is 0.354 e. The maximum atomic E-state index is 12.1. The lowest BCUT2D eigenvalue weighted by Crippen LogP contribution is -2.49. The third kappa shape index (κ3) is 4.16. The third-order valence-electron chi connectivity index (χ3n) is 4.36. The van der Waals surface area contributed by atoms with Gasteiger partial charge in [-0.3, -0.25) is 4.79 Å². The lowest BCUT2D eigenvalue weighted by molar-refractivity contribution is -0.120. The lowest BCUT2D eigenvalue weighted by Gasteiger charge is -2.26. The highest BCUT2D eigenvalue weighted by molar-refractivity contribution is 5.78. The highest BCUT2D eigenvalue weighted by Crippen LogP contribution is 2.13. The summed E-state index contributed by atoms with van der Waals surface area (Å²) in [5.74, 6) is -0.0788. The molecule has 1 aromatic heterocycles. The molecule has 0 atom stereocenters. The molecular formula is C17H25N5O. The SMILES string of the molecule is CCC(N)(CC)CNC(=O)Cc1nnn(-c2ccccc2)c1C. The van der Waals surface area contributed by atoms with Crippen LogP contribution in [0.5, 0.6) is 0 Å². The molecule has 23 heavy (non-hydrogen) atoms. The first-order valence-electron chi connectivity index (χ1n) is 8.01. The van der Waals surface area contributed by atoms with Crippen molar-refractivity contribution in [1.82, 2.24) is 20.3 Å². The number of rotatable bonds is 7. The molecule has 2 aromatic rings. The molecule has 0 bridgehead atoms. The Morgan fingerprint density at radius 3 is 2.52 bits per heavy atom. The molecular weight excluding hydrogens is 290 g/mol. The Balaban J connectivity index is 2.01. The van der Waals surface area contributed by atoms with Crippen LogP contribution in [0.25, 0.3) is 5.69 Å². The molecule has 6 nitrogen and oxygen atoms in total. The van der Waals surface area contributed by atoms with Gasteiger partial charge in [0, 0.05) is 12.1 Å². The predicted octanol–water partition coefficient (Wildman–Crippen LogP) is 1.75. The van der Waals surface area contributed by atoms with E-state index in [0.29, 0.717) is 12.2 Å². The smallest absolute Gasteiger partial charge is 0.226 e. The van der Waals surface area contributed by atoms with Gasteiger partial charge in [0.25, 0.3) is 0 Å². The van der Waals surface area contributed by atoms with Crippen LogP contribution in [0.2, 0.25) is 0 Å². The fourth-order valence-corrected chi connectivity index (χ4v) is 2.33. The summed E-state index contributed by atoms with van der Waals surface area (Å²) in [7, 11) is 0. The van der Waals surface area contributed by atoms with Crippen molar-refractivity contribution in [2.24, 2.45) is 5.73 Å². The predicted molar refractivity (Wildman–Crippen MR) is 90.3 cm³/mol. The Bertz CT molecular complexity index is 646. The van der Waals surface area contributed by atoms with E-state index in [1.165, 1.54) is 0 Å². The number of nitrogens with zero attached hydrogens (tertiary/aromatic N) is 3. The van der Waals surface area contributed by atoms with E-state index in [4.69, 9.17) is 5.73 Å². The summed E-state index contributed by atoms with van der Waals surface area (Å²) in [6.07, 6.45) is 1.86. The second-order valence-corrected chi connectivity index (χ2v) is 5.89. The molecule has 0 aliphatic carbocycles. The van der Waals surface area contributed by atoms with Gasteiger partial charge in [0.05, 0.1) is 23.5 Å². The van der Waals surface area contributed by atoms with Gasteiger partial charge in [-0.2, -0.15) is 0 Å². The summed E-state index contributed by atoms with van der Waals surface area (Å²) < 4.78 is 1.74. The minimum Gasteiger partial charge on any atom is -0.354 e. The number of carbonyl (C=O) groups is 1. The van der Waals surface area contributed by atoms with Crippen LogP contribution in [0.15, 0.2) is 30.3 Å². The molecule has 3 N–H and O–H groups in total. The third-order valence-corrected chi connectivity index (χ3v) is 4.36. The lowest BCUT2D eigenvalue weighted by atomic mass is 9.94. The standard InChI is InChI=1S/C17H25N5O/c1-4-17(18,5-2)12-19-16(23)11-15-13(3)22(21-20-15)14-9-7-6-8-10-14/h6-10H,4-5,11-12,18H2,1-3H3,(H,19,23). The molecule has 1 heterocycles. The summed E-state index contributed by atoms with van der Waals surface area (Å²) in [6.45, 7) is 6.46. The van der Waals surface area contributed by atoms with Gasteiger partial charge in [0.1, 0.15) is 0 Å². The quantitative estimate of drug-likeness (QED) is 0.815. The molecule has 124 valence electrons. The van der Waals surface area contributed by atoms with Crippen molar-refractivity contribution in [2.45, 2.75) is 45.6 Å². The van der Waals surface area contributed by atoms with E-state index < -0.39 is 0 Å². The average molecular weight is 315 g/mol. The molecule has 0 radical (unpaired) electrons. The number of hydrogen-bond donors (Lipinski definition) is 2. The molecule has 0 saturated carbocycles. The van der Waals surface area contributed by atoms with Crippen LogP contribution in [-0.4, -0.2) is 33.0 Å². The van der Waals surface area contributed by atoms with Gasteiger partial charge in [0.2, 0.25) is 5.91 Å². The van der Waals surface area contributed by atoms with Crippen molar-refractivity contribution >= 4 is 5.91 Å². The van der Waals surface area contributed by atoms with Gasteiger partial charge in [0.15, 0.2) is 0 Å².